The normalized spacial score (nSPS) is 25.5. The summed E-state index contributed by atoms with van der Waals surface area (Å²) in [7, 11) is 0. The third-order valence-electron chi connectivity index (χ3n) is 4.64. The maximum Gasteiger partial charge on any atom is 0.231 e. The van der Waals surface area contributed by atoms with E-state index in [1.807, 2.05) is 12.1 Å². The van der Waals surface area contributed by atoms with Gasteiger partial charge in [0.2, 0.25) is 11.8 Å². The van der Waals surface area contributed by atoms with Crippen molar-refractivity contribution in [3.8, 4) is 0 Å². The zero-order valence-corrected chi connectivity index (χ0v) is 12.9. The standard InChI is InChI=1S/C17H17FN4O2/c18-13-5-11(13)17(24)22-15-3-9-1-8(10-4-16(23)21-6-10)2-14(19)12(9)7-20-15/h1-3,7,10-11,13H,4-6,19H2,(H,21,23)(H,20,22,24). The number of nitrogens with one attached hydrogen (secondary N) is 2. The van der Waals surface area contributed by atoms with E-state index >= 15 is 0 Å². The maximum atomic E-state index is 13.0. The molecule has 6 nitrogen and oxygen atoms in total. The van der Waals surface area contributed by atoms with Crippen molar-refractivity contribution in [2.24, 2.45) is 5.92 Å². The highest BCUT2D eigenvalue weighted by molar-refractivity contribution is 5.98. The molecule has 124 valence electrons. The first kappa shape index (κ1) is 14.9. The number of nitrogens with zero attached hydrogens (tertiary/aromatic N) is 1. The predicted octanol–water partition coefficient (Wildman–Crippen LogP) is 1.72. The highest BCUT2D eigenvalue weighted by Gasteiger charge is 2.43. The van der Waals surface area contributed by atoms with Crippen molar-refractivity contribution in [1.29, 1.82) is 0 Å². The molecular weight excluding hydrogens is 311 g/mol. The molecule has 1 saturated carbocycles. The van der Waals surface area contributed by atoms with E-state index in [-0.39, 0.29) is 24.2 Å². The van der Waals surface area contributed by atoms with Gasteiger partial charge in [0.1, 0.15) is 12.0 Å². The molecule has 1 saturated heterocycles. The van der Waals surface area contributed by atoms with E-state index in [0.717, 1.165) is 16.3 Å². The van der Waals surface area contributed by atoms with Crippen LogP contribution < -0.4 is 16.4 Å². The van der Waals surface area contributed by atoms with Crippen molar-refractivity contribution in [3.63, 3.8) is 0 Å². The fraction of sp³-hybridized carbons (Fsp3) is 0.353. The second-order valence-corrected chi connectivity index (χ2v) is 6.45. The fourth-order valence-corrected chi connectivity index (χ4v) is 3.11. The number of fused-ring (bicyclic) bond motifs is 1. The summed E-state index contributed by atoms with van der Waals surface area (Å²) in [5.41, 5.74) is 7.67. The molecule has 3 unspecified atom stereocenters. The lowest BCUT2D eigenvalue weighted by Gasteiger charge is -2.12. The number of rotatable bonds is 3. The predicted molar refractivity (Wildman–Crippen MR) is 88.2 cm³/mol. The topological polar surface area (TPSA) is 97.1 Å². The summed E-state index contributed by atoms with van der Waals surface area (Å²) in [5, 5.41) is 7.07. The highest BCUT2D eigenvalue weighted by Crippen LogP contribution is 2.35. The average Bonchev–Trinajstić information content (AvgIpc) is 3.12. The van der Waals surface area contributed by atoms with Crippen LogP contribution in [0.15, 0.2) is 24.4 Å². The van der Waals surface area contributed by atoms with Crippen LogP contribution in [0.5, 0.6) is 0 Å². The number of nitrogen functional groups attached to an aromatic ring is 1. The lowest BCUT2D eigenvalue weighted by atomic mass is 9.95. The summed E-state index contributed by atoms with van der Waals surface area (Å²) >= 11 is 0. The van der Waals surface area contributed by atoms with Crippen molar-refractivity contribution < 1.29 is 14.0 Å². The Bertz CT molecular complexity index is 854. The van der Waals surface area contributed by atoms with Crippen LogP contribution in [0.1, 0.15) is 24.3 Å². The first-order valence-corrected chi connectivity index (χ1v) is 7.92. The van der Waals surface area contributed by atoms with Crippen LogP contribution in [0.3, 0.4) is 0 Å². The summed E-state index contributed by atoms with van der Waals surface area (Å²) < 4.78 is 13.0. The number of carbonyl (C=O) groups is 2. The minimum absolute atomic E-state index is 0.0339. The number of halogens is 1. The molecule has 24 heavy (non-hydrogen) atoms. The van der Waals surface area contributed by atoms with Crippen molar-refractivity contribution in [3.05, 3.63) is 30.0 Å². The van der Waals surface area contributed by atoms with E-state index in [1.165, 1.54) is 0 Å². The first-order valence-electron chi connectivity index (χ1n) is 7.92. The van der Waals surface area contributed by atoms with Gasteiger partial charge in [0.15, 0.2) is 0 Å². The maximum absolute atomic E-state index is 13.0. The molecule has 2 heterocycles. The number of nitrogens with two attached hydrogens (primary N) is 1. The van der Waals surface area contributed by atoms with E-state index in [0.29, 0.717) is 24.5 Å². The van der Waals surface area contributed by atoms with Gasteiger partial charge in [-0.25, -0.2) is 9.37 Å². The van der Waals surface area contributed by atoms with Crippen LogP contribution in [0, 0.1) is 5.92 Å². The number of alkyl halides is 1. The molecule has 1 aliphatic heterocycles. The largest absolute Gasteiger partial charge is 0.398 e. The Labute approximate surface area is 137 Å². The van der Waals surface area contributed by atoms with E-state index in [9.17, 15) is 14.0 Å². The van der Waals surface area contributed by atoms with E-state index in [1.54, 1.807) is 12.3 Å². The summed E-state index contributed by atoms with van der Waals surface area (Å²) in [6, 6.07) is 5.56. The third-order valence-corrected chi connectivity index (χ3v) is 4.64. The Morgan fingerprint density at radius 2 is 2.17 bits per heavy atom. The fourth-order valence-electron chi connectivity index (χ4n) is 3.11. The number of aromatic nitrogens is 1. The first-order chi connectivity index (χ1) is 11.5. The molecule has 2 amide bonds. The van der Waals surface area contributed by atoms with Gasteiger partial charge in [0, 0.05) is 36.2 Å². The molecule has 2 fully saturated rings. The Morgan fingerprint density at radius 3 is 2.83 bits per heavy atom. The molecular formula is C17H17FN4O2. The Balaban J connectivity index is 1.64. The third kappa shape index (κ3) is 2.66. The molecule has 1 aromatic carbocycles. The van der Waals surface area contributed by atoms with Gasteiger partial charge in [-0.05, 0) is 29.5 Å². The van der Waals surface area contributed by atoms with E-state index in [4.69, 9.17) is 5.73 Å². The zero-order chi connectivity index (χ0) is 16.8. The van der Waals surface area contributed by atoms with E-state index < -0.39 is 12.1 Å². The quantitative estimate of drug-likeness (QED) is 0.747. The molecule has 0 radical (unpaired) electrons. The number of hydrogen-bond acceptors (Lipinski definition) is 4. The number of pyridine rings is 1. The van der Waals surface area contributed by atoms with Crippen molar-refractivity contribution in [2.75, 3.05) is 17.6 Å². The van der Waals surface area contributed by atoms with Crippen LogP contribution in [0.4, 0.5) is 15.9 Å². The number of anilines is 2. The zero-order valence-electron chi connectivity index (χ0n) is 12.9. The SMILES string of the molecule is Nc1cc(C2CNC(=O)C2)cc2cc(NC(=O)C3CC3F)ncc12. The minimum Gasteiger partial charge on any atom is -0.398 e. The average molecular weight is 328 g/mol. The molecule has 3 atom stereocenters. The van der Waals surface area contributed by atoms with Crippen molar-refractivity contribution >= 4 is 34.1 Å². The van der Waals surface area contributed by atoms with Gasteiger partial charge in [-0.1, -0.05) is 6.07 Å². The van der Waals surface area contributed by atoms with Crippen LogP contribution in [0.2, 0.25) is 0 Å². The van der Waals surface area contributed by atoms with E-state index in [2.05, 4.69) is 15.6 Å². The minimum atomic E-state index is -1.04. The summed E-state index contributed by atoms with van der Waals surface area (Å²) in [6.45, 7) is 0.595. The van der Waals surface area contributed by atoms with Crippen LogP contribution >= 0.6 is 0 Å². The Morgan fingerprint density at radius 1 is 1.38 bits per heavy atom. The van der Waals surface area contributed by atoms with Gasteiger partial charge in [0.05, 0.1) is 5.92 Å². The number of benzene rings is 1. The molecule has 7 heteroatoms. The van der Waals surface area contributed by atoms with Crippen LogP contribution in [-0.2, 0) is 9.59 Å². The summed E-state index contributed by atoms with van der Waals surface area (Å²) in [4.78, 5) is 27.4. The molecule has 2 aliphatic rings. The smallest absolute Gasteiger partial charge is 0.231 e. The van der Waals surface area contributed by atoms with Gasteiger partial charge in [-0.3, -0.25) is 9.59 Å². The molecule has 4 rings (SSSR count). The second kappa shape index (κ2) is 5.43. The molecule has 0 bridgehead atoms. The molecule has 0 spiro atoms. The number of hydrogen-bond donors (Lipinski definition) is 3. The second-order valence-electron chi connectivity index (χ2n) is 6.45. The molecule has 2 aromatic rings. The van der Waals surface area contributed by atoms with Gasteiger partial charge in [-0.2, -0.15) is 0 Å². The van der Waals surface area contributed by atoms with Crippen LogP contribution in [-0.4, -0.2) is 29.5 Å². The van der Waals surface area contributed by atoms with Crippen LogP contribution in [0.25, 0.3) is 10.8 Å². The summed E-state index contributed by atoms with van der Waals surface area (Å²) in [6.07, 6.45) is 1.28. The molecule has 1 aromatic heterocycles. The van der Waals surface area contributed by atoms with Gasteiger partial charge in [-0.15, -0.1) is 0 Å². The van der Waals surface area contributed by atoms with Gasteiger partial charge < -0.3 is 16.4 Å². The van der Waals surface area contributed by atoms with Crippen molar-refractivity contribution in [1.82, 2.24) is 10.3 Å². The highest BCUT2D eigenvalue weighted by atomic mass is 19.1. The lowest BCUT2D eigenvalue weighted by Crippen LogP contribution is -2.15. The summed E-state index contributed by atoms with van der Waals surface area (Å²) in [5.74, 6) is -0.400. The monoisotopic (exact) mass is 328 g/mol. The number of carbonyl (C=O) groups excluding carboxylic acids is 2. The number of amides is 2. The Kier molecular flexibility index (Phi) is 3.37. The lowest BCUT2D eigenvalue weighted by molar-refractivity contribution is -0.119. The van der Waals surface area contributed by atoms with Gasteiger partial charge >= 0.3 is 0 Å². The molecule has 1 aliphatic carbocycles. The Hall–Kier alpha value is -2.70. The van der Waals surface area contributed by atoms with Crippen molar-refractivity contribution in [2.45, 2.75) is 24.9 Å². The van der Waals surface area contributed by atoms with Gasteiger partial charge in [0.25, 0.3) is 0 Å². The molecule has 4 N–H and O–H groups in total.